The van der Waals surface area contributed by atoms with Gasteiger partial charge >= 0.3 is 0 Å². The highest BCUT2D eigenvalue weighted by Crippen LogP contribution is 2.10. The summed E-state index contributed by atoms with van der Waals surface area (Å²) in [5.74, 6) is -0.319. The molecule has 1 aromatic heterocycles. The van der Waals surface area contributed by atoms with Crippen molar-refractivity contribution in [3.63, 3.8) is 0 Å². The van der Waals surface area contributed by atoms with Crippen LogP contribution in [0.3, 0.4) is 0 Å². The van der Waals surface area contributed by atoms with Crippen molar-refractivity contribution in [1.82, 2.24) is 15.2 Å². The van der Waals surface area contributed by atoms with Gasteiger partial charge in [-0.15, -0.1) is 0 Å². The van der Waals surface area contributed by atoms with Crippen molar-refractivity contribution in [3.8, 4) is 0 Å². The Morgan fingerprint density at radius 1 is 1.31 bits per heavy atom. The van der Waals surface area contributed by atoms with Crippen LogP contribution in [0.4, 0.5) is 0 Å². The molecule has 0 radical (unpaired) electrons. The van der Waals surface area contributed by atoms with Crippen LogP contribution in [-0.2, 0) is 9.84 Å². The van der Waals surface area contributed by atoms with Crippen LogP contribution in [0.25, 0.3) is 0 Å². The standard InChI is InChI=1S/C8H11N3O4S/c1-6-7(10-15-9-6)8(12)11-2-4-16(13,14)5-3-11/h2-5H2,1H3. The minimum atomic E-state index is -2.98. The van der Waals surface area contributed by atoms with Gasteiger partial charge < -0.3 is 4.90 Å². The second-order valence-corrected chi connectivity index (χ2v) is 5.95. The molecule has 88 valence electrons. The Labute approximate surface area is 92.3 Å². The molecule has 0 saturated carbocycles. The first-order valence-corrected chi connectivity index (χ1v) is 6.60. The van der Waals surface area contributed by atoms with Crippen molar-refractivity contribution in [1.29, 1.82) is 0 Å². The number of amides is 1. The SMILES string of the molecule is Cc1nonc1C(=O)N1CCS(=O)(=O)CC1. The average molecular weight is 245 g/mol. The van der Waals surface area contributed by atoms with Crippen molar-refractivity contribution in [2.24, 2.45) is 0 Å². The maximum atomic E-state index is 11.9. The summed E-state index contributed by atoms with van der Waals surface area (Å²) < 4.78 is 26.8. The van der Waals surface area contributed by atoms with Gasteiger partial charge in [-0.3, -0.25) is 4.79 Å². The molecular weight excluding hydrogens is 234 g/mol. The first-order valence-electron chi connectivity index (χ1n) is 4.78. The van der Waals surface area contributed by atoms with Crippen molar-refractivity contribution < 1.29 is 17.8 Å². The van der Waals surface area contributed by atoms with E-state index in [2.05, 4.69) is 14.9 Å². The molecule has 0 bridgehead atoms. The molecule has 8 heteroatoms. The van der Waals surface area contributed by atoms with E-state index in [9.17, 15) is 13.2 Å². The van der Waals surface area contributed by atoms with Gasteiger partial charge in [0.15, 0.2) is 15.5 Å². The monoisotopic (exact) mass is 245 g/mol. The molecule has 2 heterocycles. The van der Waals surface area contributed by atoms with E-state index in [4.69, 9.17) is 0 Å². The maximum Gasteiger partial charge on any atom is 0.278 e. The fourth-order valence-electron chi connectivity index (χ4n) is 1.49. The molecule has 2 rings (SSSR count). The molecular formula is C8H11N3O4S. The number of carbonyl (C=O) groups is 1. The van der Waals surface area contributed by atoms with Crippen LogP contribution in [0.15, 0.2) is 4.63 Å². The largest absolute Gasteiger partial charge is 0.335 e. The Morgan fingerprint density at radius 2 is 1.94 bits per heavy atom. The Bertz CT molecular complexity index is 493. The van der Waals surface area contributed by atoms with Crippen LogP contribution in [0, 0.1) is 6.92 Å². The molecule has 0 spiro atoms. The van der Waals surface area contributed by atoms with Crippen LogP contribution in [0.5, 0.6) is 0 Å². The summed E-state index contributed by atoms with van der Waals surface area (Å²) in [7, 11) is -2.98. The number of carbonyl (C=O) groups excluding carboxylic acids is 1. The van der Waals surface area contributed by atoms with E-state index in [-0.39, 0.29) is 36.2 Å². The van der Waals surface area contributed by atoms with Crippen LogP contribution in [-0.4, -0.2) is 54.1 Å². The van der Waals surface area contributed by atoms with Crippen molar-refractivity contribution >= 4 is 15.7 Å². The van der Waals surface area contributed by atoms with Crippen LogP contribution in [0.1, 0.15) is 16.2 Å². The summed E-state index contributed by atoms with van der Waals surface area (Å²) >= 11 is 0. The summed E-state index contributed by atoms with van der Waals surface area (Å²) in [4.78, 5) is 13.3. The number of sulfone groups is 1. The fraction of sp³-hybridized carbons (Fsp3) is 0.625. The third-order valence-electron chi connectivity index (χ3n) is 2.49. The van der Waals surface area contributed by atoms with Gasteiger partial charge in [0.25, 0.3) is 5.91 Å². The highest BCUT2D eigenvalue weighted by atomic mass is 32.2. The second kappa shape index (κ2) is 3.85. The number of hydrogen-bond acceptors (Lipinski definition) is 6. The minimum absolute atomic E-state index is 0.00304. The van der Waals surface area contributed by atoms with Gasteiger partial charge in [-0.25, -0.2) is 13.0 Å². The molecule has 1 aliphatic heterocycles. The smallest absolute Gasteiger partial charge is 0.278 e. The molecule has 1 saturated heterocycles. The minimum Gasteiger partial charge on any atom is -0.335 e. The zero-order valence-corrected chi connectivity index (χ0v) is 9.53. The van der Waals surface area contributed by atoms with Crippen molar-refractivity contribution in [2.45, 2.75) is 6.92 Å². The number of aromatic nitrogens is 2. The average Bonchev–Trinajstić information content (AvgIpc) is 2.63. The third-order valence-corrected chi connectivity index (χ3v) is 4.10. The molecule has 1 aliphatic rings. The Morgan fingerprint density at radius 3 is 2.44 bits per heavy atom. The van der Waals surface area contributed by atoms with E-state index in [0.717, 1.165) is 0 Å². The van der Waals surface area contributed by atoms with Gasteiger partial charge in [0.1, 0.15) is 5.69 Å². The van der Waals surface area contributed by atoms with E-state index < -0.39 is 9.84 Å². The quantitative estimate of drug-likeness (QED) is 0.646. The topological polar surface area (TPSA) is 93.4 Å². The van der Waals surface area contributed by atoms with E-state index in [1.165, 1.54) is 4.90 Å². The lowest BCUT2D eigenvalue weighted by atomic mass is 10.3. The normalized spacial score (nSPS) is 19.7. The Balaban J connectivity index is 2.11. The molecule has 16 heavy (non-hydrogen) atoms. The lowest BCUT2D eigenvalue weighted by Crippen LogP contribution is -2.44. The summed E-state index contributed by atoms with van der Waals surface area (Å²) in [6, 6.07) is 0. The fourth-order valence-corrected chi connectivity index (χ4v) is 2.69. The molecule has 7 nitrogen and oxygen atoms in total. The molecule has 0 unspecified atom stereocenters. The summed E-state index contributed by atoms with van der Waals surface area (Å²) in [6.07, 6.45) is 0. The predicted molar refractivity (Wildman–Crippen MR) is 53.6 cm³/mol. The maximum absolute atomic E-state index is 11.9. The van der Waals surface area contributed by atoms with Gasteiger partial charge in [0.2, 0.25) is 0 Å². The predicted octanol–water partition coefficient (Wildman–Crippen LogP) is -0.751. The van der Waals surface area contributed by atoms with Crippen LogP contribution < -0.4 is 0 Å². The first-order chi connectivity index (χ1) is 7.49. The summed E-state index contributed by atoms with van der Waals surface area (Å²) in [6.45, 7) is 2.02. The Hall–Kier alpha value is -1.44. The van der Waals surface area contributed by atoms with Crippen molar-refractivity contribution in [2.75, 3.05) is 24.6 Å². The van der Waals surface area contributed by atoms with Crippen molar-refractivity contribution in [3.05, 3.63) is 11.4 Å². The van der Waals surface area contributed by atoms with Gasteiger partial charge in [-0.1, -0.05) is 5.16 Å². The lowest BCUT2D eigenvalue weighted by Gasteiger charge is -2.25. The zero-order valence-electron chi connectivity index (χ0n) is 8.71. The second-order valence-electron chi connectivity index (χ2n) is 3.64. The first kappa shape index (κ1) is 11.1. The van der Waals surface area contributed by atoms with E-state index in [1.54, 1.807) is 6.92 Å². The van der Waals surface area contributed by atoms with Gasteiger partial charge in [0, 0.05) is 13.1 Å². The highest BCUT2D eigenvalue weighted by molar-refractivity contribution is 7.91. The molecule has 1 amide bonds. The molecule has 1 aromatic rings. The van der Waals surface area contributed by atoms with Crippen LogP contribution in [0.2, 0.25) is 0 Å². The van der Waals surface area contributed by atoms with Gasteiger partial charge in [-0.05, 0) is 12.1 Å². The number of hydrogen-bond donors (Lipinski definition) is 0. The van der Waals surface area contributed by atoms with Crippen LogP contribution >= 0.6 is 0 Å². The highest BCUT2D eigenvalue weighted by Gasteiger charge is 2.28. The summed E-state index contributed by atoms with van der Waals surface area (Å²) in [5.41, 5.74) is 0.567. The lowest BCUT2D eigenvalue weighted by molar-refractivity contribution is 0.0758. The molecule has 1 fully saturated rings. The molecule has 0 aromatic carbocycles. The molecule has 0 atom stereocenters. The van der Waals surface area contributed by atoms with Gasteiger partial charge in [-0.2, -0.15) is 0 Å². The summed E-state index contributed by atoms with van der Waals surface area (Å²) in [5, 5.41) is 7.01. The number of aryl methyl sites for hydroxylation is 1. The van der Waals surface area contributed by atoms with Gasteiger partial charge in [0.05, 0.1) is 11.5 Å². The Kier molecular flexibility index (Phi) is 2.66. The third kappa shape index (κ3) is 2.06. The van der Waals surface area contributed by atoms with E-state index >= 15 is 0 Å². The van der Waals surface area contributed by atoms with E-state index in [1.807, 2.05) is 0 Å². The molecule has 0 N–H and O–H groups in total. The number of rotatable bonds is 1. The zero-order chi connectivity index (χ0) is 11.8. The molecule has 0 aliphatic carbocycles. The number of nitrogens with zero attached hydrogens (tertiary/aromatic N) is 3. The van der Waals surface area contributed by atoms with E-state index in [0.29, 0.717) is 5.69 Å².